The third-order valence-corrected chi connectivity index (χ3v) is 0.275. The maximum absolute atomic E-state index is 8.87. The SMILES string of the molecule is OCCO.[O]OCCO. The third kappa shape index (κ3) is 33.5. The van der Waals surface area contributed by atoms with E-state index >= 15 is 0 Å². The van der Waals surface area contributed by atoms with Gasteiger partial charge in [-0.05, 0) is 5.26 Å². The number of aliphatic hydroxyl groups excluding tert-OH is 3. The molecule has 0 aromatic heterocycles. The molecule has 0 aliphatic heterocycles. The van der Waals surface area contributed by atoms with Gasteiger partial charge < -0.3 is 15.3 Å². The zero-order valence-electron chi connectivity index (χ0n) is 4.99. The molecule has 0 unspecified atom stereocenters. The van der Waals surface area contributed by atoms with Crippen LogP contribution in [-0.4, -0.2) is 41.7 Å². The van der Waals surface area contributed by atoms with E-state index in [1.54, 1.807) is 0 Å². The van der Waals surface area contributed by atoms with E-state index in [-0.39, 0.29) is 26.4 Å². The van der Waals surface area contributed by atoms with E-state index in [9.17, 15) is 0 Å². The monoisotopic (exact) mass is 139 g/mol. The largest absolute Gasteiger partial charge is 0.394 e. The molecule has 0 amide bonds. The summed E-state index contributed by atoms with van der Waals surface area (Å²) in [7, 11) is 0. The molecule has 0 rings (SSSR count). The van der Waals surface area contributed by atoms with Crippen molar-refractivity contribution in [3.8, 4) is 0 Å². The van der Waals surface area contributed by atoms with Crippen LogP contribution in [0.1, 0.15) is 0 Å². The molecule has 0 fully saturated rings. The van der Waals surface area contributed by atoms with Crippen LogP contribution < -0.4 is 0 Å². The Kier molecular flexibility index (Phi) is 20.1. The first kappa shape index (κ1) is 11.6. The number of rotatable bonds is 3. The Labute approximate surface area is 53.1 Å². The highest BCUT2D eigenvalue weighted by molar-refractivity contribution is 4.09. The lowest BCUT2D eigenvalue weighted by molar-refractivity contribution is -0.306. The molecule has 1 radical (unpaired) electrons. The van der Waals surface area contributed by atoms with Crippen LogP contribution in [0.5, 0.6) is 0 Å². The van der Waals surface area contributed by atoms with E-state index in [1.807, 2.05) is 0 Å². The summed E-state index contributed by atoms with van der Waals surface area (Å²) < 4.78 is 0. The minimum atomic E-state index is -0.191. The van der Waals surface area contributed by atoms with Crippen molar-refractivity contribution in [2.24, 2.45) is 0 Å². The Morgan fingerprint density at radius 2 is 1.44 bits per heavy atom. The molecule has 0 saturated carbocycles. The summed E-state index contributed by atoms with van der Waals surface area (Å²) in [6.07, 6.45) is 0. The number of hydrogen-bond donors (Lipinski definition) is 3. The fraction of sp³-hybridized carbons (Fsp3) is 1.00. The summed E-state index contributed by atoms with van der Waals surface area (Å²) in [4.78, 5) is 3.19. The molecule has 0 heterocycles. The molecule has 0 atom stereocenters. The molecule has 5 nitrogen and oxygen atoms in total. The van der Waals surface area contributed by atoms with Gasteiger partial charge in [-0.2, -0.15) is 0 Å². The summed E-state index contributed by atoms with van der Waals surface area (Å²) >= 11 is 0. The van der Waals surface area contributed by atoms with Gasteiger partial charge >= 0.3 is 0 Å². The Morgan fingerprint density at radius 3 is 1.44 bits per heavy atom. The first-order chi connectivity index (χ1) is 4.33. The summed E-state index contributed by atoms with van der Waals surface area (Å²) in [5, 5.41) is 31.9. The average Bonchev–Trinajstić information content (AvgIpc) is 1.91. The van der Waals surface area contributed by atoms with Crippen LogP contribution in [0.2, 0.25) is 0 Å². The maximum Gasteiger partial charge on any atom is 0.109 e. The predicted molar refractivity (Wildman–Crippen MR) is 27.9 cm³/mol. The van der Waals surface area contributed by atoms with Crippen LogP contribution in [0.15, 0.2) is 0 Å². The van der Waals surface area contributed by atoms with Crippen molar-refractivity contribution in [3.05, 3.63) is 0 Å². The molecule has 0 aromatic rings. The van der Waals surface area contributed by atoms with Crippen molar-refractivity contribution >= 4 is 0 Å². The average molecular weight is 139 g/mol. The fourth-order valence-corrected chi connectivity index (χ4v) is 0.0373. The van der Waals surface area contributed by atoms with Crippen molar-refractivity contribution < 1.29 is 25.5 Å². The van der Waals surface area contributed by atoms with E-state index < -0.39 is 0 Å². The smallest absolute Gasteiger partial charge is 0.109 e. The van der Waals surface area contributed by atoms with Crippen LogP contribution in [0, 0.1) is 0 Å². The summed E-state index contributed by atoms with van der Waals surface area (Å²) in [6.45, 7) is -0.552. The third-order valence-electron chi connectivity index (χ3n) is 0.275. The van der Waals surface area contributed by atoms with Crippen LogP contribution in [0.25, 0.3) is 0 Å². The zero-order chi connectivity index (χ0) is 7.54. The van der Waals surface area contributed by atoms with Gasteiger partial charge in [-0.3, -0.25) is 0 Å². The molecule has 0 aliphatic carbocycles. The van der Waals surface area contributed by atoms with Gasteiger partial charge in [0.1, 0.15) is 6.61 Å². The van der Waals surface area contributed by atoms with E-state index in [0.29, 0.717) is 0 Å². The molecule has 0 aliphatic rings. The van der Waals surface area contributed by atoms with Gasteiger partial charge in [-0.25, -0.2) is 4.89 Å². The van der Waals surface area contributed by atoms with Crippen LogP contribution in [0.4, 0.5) is 0 Å². The predicted octanol–water partition coefficient (Wildman–Crippen LogP) is -1.69. The molecule has 9 heavy (non-hydrogen) atoms. The van der Waals surface area contributed by atoms with E-state index in [1.165, 1.54) is 0 Å². The second-order valence-corrected chi connectivity index (χ2v) is 0.993. The van der Waals surface area contributed by atoms with Crippen LogP contribution >= 0.6 is 0 Å². The first-order valence-corrected chi connectivity index (χ1v) is 2.40. The summed E-state index contributed by atoms with van der Waals surface area (Å²) in [5.41, 5.74) is 0. The molecule has 0 aromatic carbocycles. The minimum absolute atomic E-state index is 0.111. The highest BCUT2D eigenvalue weighted by atomic mass is 17.1. The first-order valence-electron chi connectivity index (χ1n) is 2.40. The van der Waals surface area contributed by atoms with E-state index in [2.05, 4.69) is 4.89 Å². The summed E-state index contributed by atoms with van der Waals surface area (Å²) in [6, 6.07) is 0. The molecule has 57 valence electrons. The topological polar surface area (TPSA) is 89.8 Å². The molecule has 0 spiro atoms. The molecule has 5 heteroatoms. The van der Waals surface area contributed by atoms with Crippen molar-refractivity contribution in [2.45, 2.75) is 0 Å². The van der Waals surface area contributed by atoms with E-state index in [0.717, 1.165) is 0 Å². The second-order valence-electron chi connectivity index (χ2n) is 0.993. The molecule has 0 saturated heterocycles. The van der Waals surface area contributed by atoms with Crippen molar-refractivity contribution in [1.82, 2.24) is 0 Å². The lowest BCUT2D eigenvalue weighted by Crippen LogP contribution is -1.91. The minimum Gasteiger partial charge on any atom is -0.394 e. The lowest BCUT2D eigenvalue weighted by atomic mass is 10.8. The molecular formula is C4H11O5. The normalized spacial score (nSPS) is 8.00. The van der Waals surface area contributed by atoms with Gasteiger partial charge in [0.25, 0.3) is 0 Å². The van der Waals surface area contributed by atoms with E-state index in [4.69, 9.17) is 20.6 Å². The molecule has 0 bridgehead atoms. The number of hydrogen-bond acceptors (Lipinski definition) is 4. The van der Waals surface area contributed by atoms with Crippen LogP contribution in [0.3, 0.4) is 0 Å². The van der Waals surface area contributed by atoms with Gasteiger partial charge in [0.15, 0.2) is 0 Å². The maximum atomic E-state index is 8.87. The Hall–Kier alpha value is -0.200. The Morgan fingerprint density at radius 1 is 1.00 bits per heavy atom. The van der Waals surface area contributed by atoms with Gasteiger partial charge in [0, 0.05) is 0 Å². The lowest BCUT2D eigenvalue weighted by Gasteiger charge is -1.78. The number of aliphatic hydroxyl groups is 3. The van der Waals surface area contributed by atoms with Gasteiger partial charge in [0.2, 0.25) is 0 Å². The van der Waals surface area contributed by atoms with Crippen molar-refractivity contribution in [3.63, 3.8) is 0 Å². The Bertz CT molecular complexity index is 28.1. The highest BCUT2D eigenvalue weighted by Crippen LogP contribution is 1.57. The zero-order valence-corrected chi connectivity index (χ0v) is 4.99. The standard InChI is InChI=1S/C2H5O3.C2H6O2/c3-1-2-5-4;3-1-2-4/h3H,1-2H2;3-4H,1-2H2. The van der Waals surface area contributed by atoms with Gasteiger partial charge in [0.05, 0.1) is 19.8 Å². The fourth-order valence-electron chi connectivity index (χ4n) is 0.0373. The van der Waals surface area contributed by atoms with Gasteiger partial charge in [-0.1, -0.05) is 0 Å². The van der Waals surface area contributed by atoms with Crippen LogP contribution in [-0.2, 0) is 10.1 Å². The van der Waals surface area contributed by atoms with Crippen molar-refractivity contribution in [2.75, 3.05) is 26.4 Å². The van der Waals surface area contributed by atoms with Gasteiger partial charge in [-0.15, -0.1) is 0 Å². The quantitative estimate of drug-likeness (QED) is 0.321. The van der Waals surface area contributed by atoms with Crippen molar-refractivity contribution in [1.29, 1.82) is 0 Å². The second kappa shape index (κ2) is 15.7. The Balaban J connectivity index is 0. The summed E-state index contributed by atoms with van der Waals surface area (Å²) in [5.74, 6) is 0. The molecule has 3 N–H and O–H groups in total. The molecular weight excluding hydrogens is 128 g/mol. The highest BCUT2D eigenvalue weighted by Gasteiger charge is 1.71.